The maximum atomic E-state index is 12.5. The molecular weight excluding hydrogens is 310 g/mol. The molecule has 0 radical (unpaired) electrons. The van der Waals surface area contributed by atoms with Crippen molar-refractivity contribution < 1.29 is 24.2 Å². The molecule has 0 aromatic heterocycles. The van der Waals surface area contributed by atoms with E-state index in [-0.39, 0.29) is 23.7 Å². The van der Waals surface area contributed by atoms with Crippen molar-refractivity contribution in [2.45, 2.75) is 39.2 Å². The maximum Gasteiger partial charge on any atom is 0.305 e. The van der Waals surface area contributed by atoms with Crippen LogP contribution in [0.25, 0.3) is 0 Å². The van der Waals surface area contributed by atoms with E-state index in [9.17, 15) is 14.7 Å². The molecule has 0 aliphatic heterocycles. The third-order valence-corrected chi connectivity index (χ3v) is 4.98. The van der Waals surface area contributed by atoms with Gasteiger partial charge in [-0.05, 0) is 36.0 Å². The summed E-state index contributed by atoms with van der Waals surface area (Å²) in [5.74, 6) is -0.0321. The van der Waals surface area contributed by atoms with Crippen LogP contribution in [0.2, 0.25) is 0 Å². The van der Waals surface area contributed by atoms with E-state index in [1.807, 2.05) is 0 Å². The summed E-state index contributed by atoms with van der Waals surface area (Å²) in [7, 11) is 3.05. The number of methoxy groups -OCH3 is 2. The van der Waals surface area contributed by atoms with E-state index in [0.29, 0.717) is 17.1 Å². The summed E-state index contributed by atoms with van der Waals surface area (Å²) in [4.78, 5) is 23.7. The molecule has 0 spiro atoms. The molecule has 1 amide bonds. The van der Waals surface area contributed by atoms with Gasteiger partial charge in [0.2, 0.25) is 5.91 Å². The van der Waals surface area contributed by atoms with Crippen LogP contribution in [0.15, 0.2) is 18.2 Å². The van der Waals surface area contributed by atoms with Crippen LogP contribution in [0, 0.1) is 11.3 Å². The van der Waals surface area contributed by atoms with Crippen LogP contribution in [0.1, 0.15) is 44.7 Å². The second-order valence-corrected chi connectivity index (χ2v) is 6.54. The zero-order valence-corrected chi connectivity index (χ0v) is 14.6. The number of hydrogen-bond donors (Lipinski definition) is 2. The SMILES string of the molecule is CCC1(C)CC1C(=O)NC(CC(=O)O)c1ccc(OC)c(OC)c1. The fourth-order valence-electron chi connectivity index (χ4n) is 2.98. The summed E-state index contributed by atoms with van der Waals surface area (Å²) in [5, 5.41) is 12.1. The van der Waals surface area contributed by atoms with E-state index < -0.39 is 12.0 Å². The number of rotatable bonds is 8. The number of benzene rings is 1. The molecule has 1 fully saturated rings. The van der Waals surface area contributed by atoms with Gasteiger partial charge in [0, 0.05) is 5.92 Å². The van der Waals surface area contributed by atoms with Gasteiger partial charge in [-0.2, -0.15) is 0 Å². The number of amides is 1. The molecular formula is C18H25NO5. The predicted molar refractivity (Wildman–Crippen MR) is 89.2 cm³/mol. The topological polar surface area (TPSA) is 84.9 Å². The molecule has 6 heteroatoms. The average molecular weight is 335 g/mol. The zero-order chi connectivity index (χ0) is 17.9. The summed E-state index contributed by atoms with van der Waals surface area (Å²) in [5.41, 5.74) is 0.720. The number of carboxylic acids is 1. The fourth-order valence-corrected chi connectivity index (χ4v) is 2.98. The minimum atomic E-state index is -0.968. The second kappa shape index (κ2) is 7.11. The van der Waals surface area contributed by atoms with E-state index in [0.717, 1.165) is 12.8 Å². The smallest absolute Gasteiger partial charge is 0.305 e. The second-order valence-electron chi connectivity index (χ2n) is 6.54. The molecule has 3 unspecified atom stereocenters. The first-order valence-electron chi connectivity index (χ1n) is 8.08. The van der Waals surface area contributed by atoms with Crippen LogP contribution in [-0.2, 0) is 9.59 Å². The van der Waals surface area contributed by atoms with E-state index in [4.69, 9.17) is 9.47 Å². The number of ether oxygens (including phenoxy) is 2. The zero-order valence-electron chi connectivity index (χ0n) is 14.6. The number of nitrogens with one attached hydrogen (secondary N) is 1. The van der Waals surface area contributed by atoms with Crippen molar-refractivity contribution in [3.05, 3.63) is 23.8 Å². The number of carbonyl (C=O) groups is 2. The lowest BCUT2D eigenvalue weighted by Gasteiger charge is -2.20. The van der Waals surface area contributed by atoms with Crippen LogP contribution >= 0.6 is 0 Å². The standard InChI is InChI=1S/C18H25NO5/c1-5-18(2)10-12(18)17(22)19-13(9-16(20)21)11-6-7-14(23-3)15(8-11)24-4/h6-8,12-13H,5,9-10H2,1-4H3,(H,19,22)(H,20,21). The van der Waals surface area contributed by atoms with Gasteiger partial charge < -0.3 is 19.9 Å². The van der Waals surface area contributed by atoms with Gasteiger partial charge in [-0.15, -0.1) is 0 Å². The van der Waals surface area contributed by atoms with Gasteiger partial charge in [-0.1, -0.05) is 19.9 Å². The third-order valence-electron chi connectivity index (χ3n) is 4.98. The quantitative estimate of drug-likeness (QED) is 0.763. The molecule has 1 aliphatic rings. The Morgan fingerprint density at radius 1 is 1.33 bits per heavy atom. The van der Waals surface area contributed by atoms with Crippen molar-refractivity contribution >= 4 is 11.9 Å². The van der Waals surface area contributed by atoms with Crippen molar-refractivity contribution in [2.24, 2.45) is 11.3 Å². The minimum Gasteiger partial charge on any atom is -0.493 e. The van der Waals surface area contributed by atoms with E-state index in [1.54, 1.807) is 18.2 Å². The van der Waals surface area contributed by atoms with Crippen molar-refractivity contribution in [3.63, 3.8) is 0 Å². The molecule has 3 atom stereocenters. The molecule has 0 heterocycles. The van der Waals surface area contributed by atoms with Crippen LogP contribution in [0.5, 0.6) is 11.5 Å². The van der Waals surface area contributed by atoms with Crippen molar-refractivity contribution in [3.8, 4) is 11.5 Å². The normalized spacial score (nSPS) is 23.2. The summed E-state index contributed by atoms with van der Waals surface area (Å²) in [6.07, 6.45) is 1.60. The lowest BCUT2D eigenvalue weighted by Crippen LogP contribution is -2.32. The van der Waals surface area contributed by atoms with Crippen LogP contribution in [-0.4, -0.2) is 31.2 Å². The highest BCUT2D eigenvalue weighted by atomic mass is 16.5. The Bertz CT molecular complexity index is 630. The molecule has 1 aliphatic carbocycles. The van der Waals surface area contributed by atoms with Crippen molar-refractivity contribution in [1.29, 1.82) is 0 Å². The first-order chi connectivity index (χ1) is 11.3. The van der Waals surface area contributed by atoms with Gasteiger partial charge in [0.05, 0.1) is 26.7 Å². The van der Waals surface area contributed by atoms with Gasteiger partial charge in [0.25, 0.3) is 0 Å². The summed E-state index contributed by atoms with van der Waals surface area (Å²) < 4.78 is 10.5. The number of carboxylic acid groups (broad SMARTS) is 1. The van der Waals surface area contributed by atoms with E-state index in [2.05, 4.69) is 19.2 Å². The molecule has 2 N–H and O–H groups in total. The monoisotopic (exact) mass is 335 g/mol. The third kappa shape index (κ3) is 3.80. The van der Waals surface area contributed by atoms with Crippen LogP contribution in [0.4, 0.5) is 0 Å². The predicted octanol–water partition coefficient (Wildman–Crippen LogP) is 2.77. The number of carbonyl (C=O) groups excluding carboxylic acids is 1. The fraction of sp³-hybridized carbons (Fsp3) is 0.556. The molecule has 0 bridgehead atoms. The summed E-state index contributed by atoms with van der Waals surface area (Å²) >= 11 is 0. The Balaban J connectivity index is 2.19. The Morgan fingerprint density at radius 3 is 2.50 bits per heavy atom. The first kappa shape index (κ1) is 18.1. The molecule has 2 rings (SSSR count). The molecule has 6 nitrogen and oxygen atoms in total. The molecule has 0 saturated heterocycles. The molecule has 1 saturated carbocycles. The first-order valence-corrected chi connectivity index (χ1v) is 8.08. The van der Waals surface area contributed by atoms with Gasteiger partial charge in [-0.3, -0.25) is 9.59 Å². The Hall–Kier alpha value is -2.24. The van der Waals surface area contributed by atoms with Crippen LogP contribution < -0.4 is 14.8 Å². The van der Waals surface area contributed by atoms with Crippen molar-refractivity contribution in [2.75, 3.05) is 14.2 Å². The van der Waals surface area contributed by atoms with Crippen molar-refractivity contribution in [1.82, 2.24) is 5.32 Å². The Kier molecular flexibility index (Phi) is 5.36. The highest BCUT2D eigenvalue weighted by Crippen LogP contribution is 2.54. The lowest BCUT2D eigenvalue weighted by atomic mass is 10.0. The van der Waals surface area contributed by atoms with Gasteiger partial charge in [0.1, 0.15) is 0 Å². The molecule has 132 valence electrons. The highest BCUT2D eigenvalue weighted by Gasteiger charge is 2.53. The van der Waals surface area contributed by atoms with Gasteiger partial charge in [0.15, 0.2) is 11.5 Å². The van der Waals surface area contributed by atoms with E-state index in [1.165, 1.54) is 14.2 Å². The molecule has 24 heavy (non-hydrogen) atoms. The van der Waals surface area contributed by atoms with E-state index >= 15 is 0 Å². The highest BCUT2D eigenvalue weighted by molar-refractivity contribution is 5.83. The minimum absolute atomic E-state index is 0.0372. The lowest BCUT2D eigenvalue weighted by molar-refractivity contribution is -0.137. The van der Waals surface area contributed by atoms with Gasteiger partial charge >= 0.3 is 5.97 Å². The average Bonchev–Trinajstić information content (AvgIpc) is 3.26. The number of aliphatic carboxylic acids is 1. The summed E-state index contributed by atoms with van der Waals surface area (Å²) in [6.45, 7) is 4.15. The maximum absolute atomic E-state index is 12.5. The molecule has 1 aromatic rings. The number of hydrogen-bond acceptors (Lipinski definition) is 4. The largest absolute Gasteiger partial charge is 0.493 e. The Labute approximate surface area is 142 Å². The van der Waals surface area contributed by atoms with Crippen LogP contribution in [0.3, 0.4) is 0 Å². The van der Waals surface area contributed by atoms with Gasteiger partial charge in [-0.25, -0.2) is 0 Å². The Morgan fingerprint density at radius 2 is 2.00 bits per heavy atom. The summed E-state index contributed by atoms with van der Waals surface area (Å²) in [6, 6.07) is 4.57. The molecule has 1 aromatic carbocycles.